The molecule has 21 heavy (non-hydrogen) atoms. The number of anilines is 1. The Morgan fingerprint density at radius 2 is 2.10 bits per heavy atom. The molecule has 0 amide bonds. The van der Waals surface area contributed by atoms with Crippen LogP contribution in [0.15, 0.2) is 24.3 Å². The summed E-state index contributed by atoms with van der Waals surface area (Å²) < 4.78 is 0. The largest absolute Gasteiger partial charge is 0.372 e. The van der Waals surface area contributed by atoms with Crippen molar-refractivity contribution in [2.45, 2.75) is 45.1 Å². The Kier molecular flexibility index (Phi) is 5.25. The van der Waals surface area contributed by atoms with Crippen LogP contribution >= 0.6 is 0 Å². The first-order valence-corrected chi connectivity index (χ1v) is 8.07. The van der Waals surface area contributed by atoms with Crippen molar-refractivity contribution in [2.24, 2.45) is 5.92 Å². The smallest absolute Gasteiger partial charge is 0.109 e. The average Bonchev–Trinajstić information content (AvgIpc) is 2.93. The van der Waals surface area contributed by atoms with Gasteiger partial charge in [0.25, 0.3) is 0 Å². The molecule has 0 saturated heterocycles. The van der Waals surface area contributed by atoms with Gasteiger partial charge in [-0.3, -0.25) is 0 Å². The normalized spacial score (nSPS) is 24.8. The van der Waals surface area contributed by atoms with Crippen molar-refractivity contribution in [3.63, 3.8) is 0 Å². The van der Waals surface area contributed by atoms with E-state index in [0.717, 1.165) is 32.4 Å². The molecule has 0 bridgehead atoms. The number of benzene rings is 1. The molecule has 1 aromatic carbocycles. The fourth-order valence-electron chi connectivity index (χ4n) is 3.54. The van der Waals surface area contributed by atoms with Crippen LogP contribution in [0.1, 0.15) is 38.2 Å². The molecule has 2 atom stereocenters. The van der Waals surface area contributed by atoms with Gasteiger partial charge < -0.3 is 10.2 Å². The molecule has 3 heteroatoms. The summed E-state index contributed by atoms with van der Waals surface area (Å²) in [5.41, 5.74) is 2.28. The van der Waals surface area contributed by atoms with E-state index in [1.807, 2.05) is 7.05 Å². The Bertz CT molecular complexity index is 488. The van der Waals surface area contributed by atoms with Crippen LogP contribution in [0.5, 0.6) is 0 Å². The molecule has 1 aromatic rings. The molecule has 0 heterocycles. The van der Waals surface area contributed by atoms with Crippen LogP contribution in [0.3, 0.4) is 0 Å². The average molecular weight is 285 g/mol. The van der Waals surface area contributed by atoms with Gasteiger partial charge in [-0.2, -0.15) is 5.26 Å². The van der Waals surface area contributed by atoms with Gasteiger partial charge in [-0.05, 0) is 58.2 Å². The number of rotatable bonds is 6. The number of aryl methyl sites for hydroxylation is 1. The summed E-state index contributed by atoms with van der Waals surface area (Å²) in [6.45, 7) is 6.35. The van der Waals surface area contributed by atoms with Crippen LogP contribution in [0.25, 0.3) is 0 Å². The molecule has 0 radical (unpaired) electrons. The zero-order valence-corrected chi connectivity index (χ0v) is 13.5. The van der Waals surface area contributed by atoms with Gasteiger partial charge >= 0.3 is 0 Å². The van der Waals surface area contributed by atoms with Gasteiger partial charge in [0.2, 0.25) is 0 Å². The van der Waals surface area contributed by atoms with Crippen molar-refractivity contribution in [1.29, 1.82) is 5.26 Å². The number of nitriles is 1. The quantitative estimate of drug-likeness (QED) is 0.869. The third-order valence-electron chi connectivity index (χ3n) is 4.99. The molecule has 0 aliphatic heterocycles. The van der Waals surface area contributed by atoms with Crippen LogP contribution in [0.4, 0.5) is 5.69 Å². The molecule has 0 spiro atoms. The molecule has 114 valence electrons. The Balaban J connectivity index is 2.00. The first-order chi connectivity index (χ1) is 10.1. The second-order valence-electron chi connectivity index (χ2n) is 6.13. The van der Waals surface area contributed by atoms with Gasteiger partial charge in [-0.1, -0.05) is 24.1 Å². The highest BCUT2D eigenvalue weighted by molar-refractivity contribution is 5.47. The first kappa shape index (κ1) is 15.9. The van der Waals surface area contributed by atoms with E-state index in [0.29, 0.717) is 5.92 Å². The molecule has 1 aliphatic carbocycles. The van der Waals surface area contributed by atoms with Crippen molar-refractivity contribution in [1.82, 2.24) is 5.32 Å². The molecule has 1 aliphatic rings. The summed E-state index contributed by atoms with van der Waals surface area (Å²) in [6, 6.07) is 11.3. The van der Waals surface area contributed by atoms with Gasteiger partial charge in [0.05, 0.1) is 6.07 Å². The predicted molar refractivity (Wildman–Crippen MR) is 88.4 cm³/mol. The zero-order valence-electron chi connectivity index (χ0n) is 13.5. The number of hydrogen-bond acceptors (Lipinski definition) is 3. The molecule has 2 rings (SSSR count). The van der Waals surface area contributed by atoms with E-state index >= 15 is 0 Å². The fourth-order valence-corrected chi connectivity index (χ4v) is 3.54. The van der Waals surface area contributed by atoms with Crippen molar-refractivity contribution < 1.29 is 0 Å². The summed E-state index contributed by atoms with van der Waals surface area (Å²) in [6.07, 6.45) is 4.40. The minimum Gasteiger partial charge on any atom is -0.372 e. The predicted octanol–water partition coefficient (Wildman–Crippen LogP) is 3.49. The first-order valence-electron chi connectivity index (χ1n) is 8.07. The van der Waals surface area contributed by atoms with Crippen molar-refractivity contribution >= 4 is 5.69 Å². The summed E-state index contributed by atoms with van der Waals surface area (Å²) in [5, 5.41) is 12.8. The van der Waals surface area contributed by atoms with Gasteiger partial charge in [-0.25, -0.2) is 0 Å². The van der Waals surface area contributed by atoms with Gasteiger partial charge in [0.15, 0.2) is 0 Å². The standard InChI is InChI=1S/C18H27N3/c1-4-21(17-9-7-15(2)8-10-17)13-11-16-6-5-12-18(16,14-19)20-3/h7-10,16,20H,4-6,11-13H2,1-3H3. The highest BCUT2D eigenvalue weighted by Gasteiger charge is 2.41. The van der Waals surface area contributed by atoms with Crippen LogP contribution in [0.2, 0.25) is 0 Å². The highest BCUT2D eigenvalue weighted by atomic mass is 15.1. The highest BCUT2D eigenvalue weighted by Crippen LogP contribution is 2.37. The second kappa shape index (κ2) is 6.95. The SMILES string of the molecule is CCN(CCC1CCCC1(C#N)NC)c1ccc(C)cc1. The molecule has 1 N–H and O–H groups in total. The third kappa shape index (κ3) is 3.39. The lowest BCUT2D eigenvalue weighted by Gasteiger charge is -2.31. The zero-order chi connectivity index (χ0) is 15.3. The lowest BCUT2D eigenvalue weighted by atomic mass is 9.86. The van der Waals surface area contributed by atoms with E-state index < -0.39 is 0 Å². The molecule has 2 unspecified atom stereocenters. The monoisotopic (exact) mass is 285 g/mol. The molecule has 1 fully saturated rings. The maximum absolute atomic E-state index is 9.53. The minimum atomic E-state index is -0.299. The van der Waals surface area contributed by atoms with Gasteiger partial charge in [0, 0.05) is 18.8 Å². The topological polar surface area (TPSA) is 39.1 Å². The summed E-state index contributed by atoms with van der Waals surface area (Å²) in [7, 11) is 1.93. The lowest BCUT2D eigenvalue weighted by molar-refractivity contribution is 0.322. The molecule has 3 nitrogen and oxygen atoms in total. The van der Waals surface area contributed by atoms with Crippen molar-refractivity contribution in [3.05, 3.63) is 29.8 Å². The summed E-state index contributed by atoms with van der Waals surface area (Å²) in [5.74, 6) is 0.465. The van der Waals surface area contributed by atoms with E-state index in [4.69, 9.17) is 0 Å². The summed E-state index contributed by atoms with van der Waals surface area (Å²) >= 11 is 0. The minimum absolute atomic E-state index is 0.299. The Labute approximate surface area is 129 Å². The number of nitrogens with one attached hydrogen (secondary N) is 1. The van der Waals surface area contributed by atoms with Crippen molar-refractivity contribution in [2.75, 3.05) is 25.0 Å². The fraction of sp³-hybridized carbons (Fsp3) is 0.611. The summed E-state index contributed by atoms with van der Waals surface area (Å²) in [4.78, 5) is 2.41. The van der Waals surface area contributed by atoms with E-state index in [-0.39, 0.29) is 5.54 Å². The number of hydrogen-bond donors (Lipinski definition) is 1. The maximum atomic E-state index is 9.53. The maximum Gasteiger partial charge on any atom is 0.109 e. The van der Waals surface area contributed by atoms with Crippen LogP contribution < -0.4 is 10.2 Å². The van der Waals surface area contributed by atoms with E-state index in [9.17, 15) is 5.26 Å². The number of nitrogens with zero attached hydrogens (tertiary/aromatic N) is 2. The van der Waals surface area contributed by atoms with Gasteiger partial charge in [0.1, 0.15) is 5.54 Å². The van der Waals surface area contributed by atoms with Crippen LogP contribution in [0, 0.1) is 24.2 Å². The van der Waals surface area contributed by atoms with E-state index in [1.165, 1.54) is 17.7 Å². The van der Waals surface area contributed by atoms with E-state index in [2.05, 4.69) is 54.4 Å². The molecule has 0 aromatic heterocycles. The molecular formula is C18H27N3. The second-order valence-corrected chi connectivity index (χ2v) is 6.13. The van der Waals surface area contributed by atoms with Crippen molar-refractivity contribution in [3.8, 4) is 6.07 Å². The van der Waals surface area contributed by atoms with Crippen LogP contribution in [-0.4, -0.2) is 25.7 Å². The molecular weight excluding hydrogens is 258 g/mol. The lowest BCUT2D eigenvalue weighted by Crippen LogP contribution is -2.45. The Morgan fingerprint density at radius 1 is 1.38 bits per heavy atom. The Morgan fingerprint density at radius 3 is 2.67 bits per heavy atom. The molecule has 1 saturated carbocycles. The Hall–Kier alpha value is -1.53. The van der Waals surface area contributed by atoms with E-state index in [1.54, 1.807) is 0 Å². The van der Waals surface area contributed by atoms with Crippen LogP contribution in [-0.2, 0) is 0 Å². The third-order valence-corrected chi connectivity index (χ3v) is 4.99. The van der Waals surface area contributed by atoms with Gasteiger partial charge in [-0.15, -0.1) is 0 Å².